The summed E-state index contributed by atoms with van der Waals surface area (Å²) in [4.78, 5) is 9.04. The van der Waals surface area contributed by atoms with Crippen LogP contribution in [0.4, 0.5) is 0 Å². The number of hydrogen-bond acceptors (Lipinski definition) is 3. The molecule has 0 saturated heterocycles. The number of nitrogens with one attached hydrogen (secondary N) is 1. The molecule has 108 valence electrons. The van der Waals surface area contributed by atoms with Crippen molar-refractivity contribution < 1.29 is 0 Å². The lowest BCUT2D eigenvalue weighted by Gasteiger charge is -1.98. The van der Waals surface area contributed by atoms with Gasteiger partial charge in [0, 0.05) is 21.0 Å². The lowest BCUT2D eigenvalue weighted by atomic mass is 10.2. The molecule has 2 aromatic heterocycles. The predicted molar refractivity (Wildman–Crippen MR) is 91.1 cm³/mol. The van der Waals surface area contributed by atoms with E-state index in [1.54, 1.807) is 22.7 Å². The van der Waals surface area contributed by atoms with Crippen LogP contribution < -0.4 is 0 Å². The first-order valence-electron chi connectivity index (χ1n) is 6.46. The van der Waals surface area contributed by atoms with Crippen LogP contribution in [0.2, 0.25) is 10.0 Å². The van der Waals surface area contributed by atoms with Gasteiger partial charge in [-0.25, -0.2) is 14.5 Å². The van der Waals surface area contributed by atoms with Crippen molar-refractivity contribution in [2.24, 2.45) is 0 Å². The Bertz CT molecular complexity index is 1060. The van der Waals surface area contributed by atoms with E-state index >= 15 is 0 Å². The van der Waals surface area contributed by atoms with E-state index in [4.69, 9.17) is 35.4 Å². The molecule has 0 spiro atoms. The maximum absolute atomic E-state index is 6.06. The summed E-state index contributed by atoms with van der Waals surface area (Å²) in [7, 11) is 0. The Morgan fingerprint density at radius 1 is 1.00 bits per heavy atom. The van der Waals surface area contributed by atoms with Gasteiger partial charge < -0.3 is 0 Å². The highest BCUT2D eigenvalue weighted by atomic mass is 35.5. The molecular weight excluding hydrogens is 339 g/mol. The van der Waals surface area contributed by atoms with Crippen LogP contribution >= 0.6 is 35.4 Å². The summed E-state index contributed by atoms with van der Waals surface area (Å²) < 4.78 is 2.10. The van der Waals surface area contributed by atoms with Crippen molar-refractivity contribution in [1.82, 2.24) is 19.6 Å². The van der Waals surface area contributed by atoms with Crippen LogP contribution in [0.5, 0.6) is 0 Å². The Balaban J connectivity index is 2.07. The zero-order valence-electron chi connectivity index (χ0n) is 11.0. The molecule has 0 radical (unpaired) electrons. The molecule has 22 heavy (non-hydrogen) atoms. The highest BCUT2D eigenvalue weighted by Gasteiger charge is 2.11. The summed E-state index contributed by atoms with van der Waals surface area (Å²) in [6, 6.07) is 13.0. The SMILES string of the molecule is S=c1nc2ccccc2c2nc(-c3cc(Cl)cc(Cl)c3)[nH]n12. The van der Waals surface area contributed by atoms with Gasteiger partial charge in [0.2, 0.25) is 4.77 Å². The molecule has 0 amide bonds. The molecule has 4 rings (SSSR count). The van der Waals surface area contributed by atoms with E-state index < -0.39 is 0 Å². The monoisotopic (exact) mass is 346 g/mol. The third kappa shape index (κ3) is 2.18. The number of aromatic amines is 1. The number of hydrogen-bond donors (Lipinski definition) is 1. The highest BCUT2D eigenvalue weighted by Crippen LogP contribution is 2.26. The van der Waals surface area contributed by atoms with Crippen molar-refractivity contribution in [3.63, 3.8) is 0 Å². The van der Waals surface area contributed by atoms with Crippen LogP contribution in [0.3, 0.4) is 0 Å². The van der Waals surface area contributed by atoms with Gasteiger partial charge in [0.25, 0.3) is 0 Å². The van der Waals surface area contributed by atoms with Crippen LogP contribution in [-0.2, 0) is 0 Å². The Labute approximate surface area is 140 Å². The van der Waals surface area contributed by atoms with Gasteiger partial charge in [-0.05, 0) is 42.5 Å². The van der Waals surface area contributed by atoms with Gasteiger partial charge in [0.15, 0.2) is 11.5 Å². The number of fused-ring (bicyclic) bond motifs is 3. The number of rotatable bonds is 1. The molecule has 0 atom stereocenters. The summed E-state index contributed by atoms with van der Waals surface area (Å²) >= 11 is 17.4. The standard InChI is InChI=1S/C15H8Cl2N4S/c16-9-5-8(6-10(17)7-9)13-19-14-11-3-1-2-4-12(11)18-15(22)21(14)20-13/h1-7H,(H,19,20). The summed E-state index contributed by atoms with van der Waals surface area (Å²) in [5.74, 6) is 0.633. The molecule has 4 aromatic rings. The Kier molecular flexibility index (Phi) is 3.14. The van der Waals surface area contributed by atoms with Crippen LogP contribution in [-0.4, -0.2) is 19.6 Å². The molecule has 0 bridgehead atoms. The van der Waals surface area contributed by atoms with Gasteiger partial charge in [0.05, 0.1) is 5.52 Å². The Morgan fingerprint density at radius 3 is 2.50 bits per heavy atom. The summed E-state index contributed by atoms with van der Waals surface area (Å²) in [5.41, 5.74) is 2.33. The molecule has 7 heteroatoms. The molecule has 2 aromatic carbocycles. The summed E-state index contributed by atoms with van der Waals surface area (Å²) in [6.45, 7) is 0. The van der Waals surface area contributed by atoms with Crippen LogP contribution in [0.25, 0.3) is 27.9 Å². The van der Waals surface area contributed by atoms with Crippen LogP contribution in [0.15, 0.2) is 42.5 Å². The number of aromatic nitrogens is 4. The van der Waals surface area contributed by atoms with Crippen molar-refractivity contribution in [1.29, 1.82) is 0 Å². The quantitative estimate of drug-likeness (QED) is 0.498. The average Bonchev–Trinajstić information content (AvgIpc) is 2.92. The van der Waals surface area contributed by atoms with Crippen molar-refractivity contribution in [3.8, 4) is 11.4 Å². The molecule has 4 nitrogen and oxygen atoms in total. The zero-order valence-corrected chi connectivity index (χ0v) is 13.4. The minimum absolute atomic E-state index is 0.417. The lowest BCUT2D eigenvalue weighted by molar-refractivity contribution is 0.918. The molecule has 0 aliphatic rings. The smallest absolute Gasteiger partial charge is 0.221 e. The second-order valence-corrected chi connectivity index (χ2v) is 6.04. The average molecular weight is 347 g/mol. The third-order valence-electron chi connectivity index (χ3n) is 3.34. The van der Waals surface area contributed by atoms with E-state index in [-0.39, 0.29) is 0 Å². The number of benzene rings is 2. The highest BCUT2D eigenvalue weighted by molar-refractivity contribution is 7.71. The maximum atomic E-state index is 6.06. The first kappa shape index (κ1) is 13.7. The molecule has 2 heterocycles. The lowest BCUT2D eigenvalue weighted by Crippen LogP contribution is -1.94. The fraction of sp³-hybridized carbons (Fsp3) is 0. The van der Waals surface area contributed by atoms with Crippen LogP contribution in [0.1, 0.15) is 0 Å². The van der Waals surface area contributed by atoms with Crippen molar-refractivity contribution in [2.45, 2.75) is 0 Å². The largest absolute Gasteiger partial charge is 0.273 e. The van der Waals surface area contributed by atoms with E-state index in [2.05, 4.69) is 15.1 Å². The Morgan fingerprint density at radius 2 is 1.73 bits per heavy atom. The van der Waals surface area contributed by atoms with Crippen LogP contribution in [0, 0.1) is 4.77 Å². The number of nitrogens with zero attached hydrogens (tertiary/aromatic N) is 3. The van der Waals surface area contributed by atoms with Gasteiger partial charge in [-0.3, -0.25) is 5.10 Å². The number of H-pyrrole nitrogens is 1. The minimum Gasteiger partial charge on any atom is -0.273 e. The van der Waals surface area contributed by atoms with Gasteiger partial charge in [-0.15, -0.1) is 0 Å². The molecule has 1 N–H and O–H groups in total. The molecule has 0 fully saturated rings. The summed E-state index contributed by atoms with van der Waals surface area (Å²) in [5, 5.41) is 5.17. The Hall–Kier alpha value is -1.95. The first-order valence-corrected chi connectivity index (χ1v) is 7.62. The van der Waals surface area contributed by atoms with E-state index in [1.807, 2.05) is 24.3 Å². The molecular formula is C15H8Cl2N4S. The number of halogens is 2. The van der Waals surface area contributed by atoms with E-state index in [0.29, 0.717) is 20.6 Å². The van der Waals surface area contributed by atoms with Crippen molar-refractivity contribution in [3.05, 3.63) is 57.3 Å². The fourth-order valence-electron chi connectivity index (χ4n) is 2.39. The van der Waals surface area contributed by atoms with Gasteiger partial charge in [0.1, 0.15) is 0 Å². The second kappa shape index (κ2) is 5.05. The first-order chi connectivity index (χ1) is 10.6. The van der Waals surface area contributed by atoms with Gasteiger partial charge in [-0.1, -0.05) is 35.3 Å². The zero-order chi connectivity index (χ0) is 15.3. The molecule has 0 unspecified atom stereocenters. The third-order valence-corrected chi connectivity index (χ3v) is 4.05. The predicted octanol–water partition coefficient (Wildman–Crippen LogP) is 4.91. The van der Waals surface area contributed by atoms with Gasteiger partial charge >= 0.3 is 0 Å². The molecule has 0 aliphatic carbocycles. The number of para-hydroxylation sites is 1. The van der Waals surface area contributed by atoms with Crippen molar-refractivity contribution >= 4 is 52.0 Å². The molecule has 0 aliphatic heterocycles. The van der Waals surface area contributed by atoms with E-state index in [1.165, 1.54) is 0 Å². The summed E-state index contributed by atoms with van der Waals surface area (Å²) in [6.07, 6.45) is 0. The van der Waals surface area contributed by atoms with E-state index in [9.17, 15) is 0 Å². The maximum Gasteiger partial charge on any atom is 0.221 e. The van der Waals surface area contributed by atoms with Crippen molar-refractivity contribution in [2.75, 3.05) is 0 Å². The molecule has 0 saturated carbocycles. The second-order valence-electron chi connectivity index (χ2n) is 4.80. The van der Waals surface area contributed by atoms with E-state index in [0.717, 1.165) is 22.1 Å². The fourth-order valence-corrected chi connectivity index (χ4v) is 3.15. The van der Waals surface area contributed by atoms with Gasteiger partial charge in [-0.2, -0.15) is 0 Å². The normalized spacial score (nSPS) is 11.4. The minimum atomic E-state index is 0.417. The topological polar surface area (TPSA) is 46.0 Å².